The number of benzene rings is 2. The molecule has 3 rings (SSSR count). The molecule has 0 atom stereocenters. The van der Waals surface area contributed by atoms with Gasteiger partial charge < -0.3 is 24.8 Å². The molecule has 0 saturated heterocycles. The number of carboxylic acids is 1. The van der Waals surface area contributed by atoms with E-state index in [1.165, 1.54) is 5.56 Å². The van der Waals surface area contributed by atoms with Crippen LogP contribution in [0.3, 0.4) is 0 Å². The zero-order valence-corrected chi connectivity index (χ0v) is 21.1. The van der Waals surface area contributed by atoms with Gasteiger partial charge in [0.25, 0.3) is 0 Å². The van der Waals surface area contributed by atoms with Gasteiger partial charge in [-0.15, -0.1) is 0 Å². The molecule has 2 aromatic carbocycles. The van der Waals surface area contributed by atoms with Gasteiger partial charge >= 0.3 is 12.0 Å². The Morgan fingerprint density at radius 1 is 1.00 bits per heavy atom. The van der Waals surface area contributed by atoms with Crippen molar-refractivity contribution in [3.8, 4) is 11.5 Å². The number of unbranched alkanes of at least 4 members (excludes halogenated alkanes) is 1. The highest BCUT2D eigenvalue weighted by molar-refractivity contribution is 5.87. The van der Waals surface area contributed by atoms with Crippen LogP contribution < -0.4 is 14.8 Å². The molecule has 0 spiro atoms. The molecule has 2 amide bonds. The summed E-state index contributed by atoms with van der Waals surface area (Å²) < 4.78 is 11.6. The number of carbonyl (C=O) groups is 2. The maximum absolute atomic E-state index is 13.3. The summed E-state index contributed by atoms with van der Waals surface area (Å²) in [7, 11) is 0. The molecule has 1 saturated carbocycles. The van der Waals surface area contributed by atoms with E-state index >= 15 is 0 Å². The molecular formula is C28H38N2O5. The Labute approximate surface area is 208 Å². The van der Waals surface area contributed by atoms with Gasteiger partial charge in [0.05, 0.1) is 13.2 Å². The van der Waals surface area contributed by atoms with Crippen molar-refractivity contribution >= 4 is 12.0 Å². The van der Waals surface area contributed by atoms with E-state index in [1.807, 2.05) is 51.1 Å². The van der Waals surface area contributed by atoms with Crippen molar-refractivity contribution in [2.45, 2.75) is 71.4 Å². The van der Waals surface area contributed by atoms with E-state index in [2.05, 4.69) is 17.4 Å². The summed E-state index contributed by atoms with van der Waals surface area (Å²) in [5.74, 6) is 0.506. The van der Waals surface area contributed by atoms with Gasteiger partial charge in [0, 0.05) is 18.7 Å². The van der Waals surface area contributed by atoms with Crippen molar-refractivity contribution in [3.63, 3.8) is 0 Å². The van der Waals surface area contributed by atoms with Gasteiger partial charge in [-0.2, -0.15) is 0 Å². The van der Waals surface area contributed by atoms with Gasteiger partial charge in [-0.25, -0.2) is 9.59 Å². The van der Waals surface area contributed by atoms with Gasteiger partial charge in [0.15, 0.2) is 0 Å². The lowest BCUT2D eigenvalue weighted by Gasteiger charge is -2.39. The monoisotopic (exact) mass is 482 g/mol. The molecule has 1 fully saturated rings. The molecule has 0 unspecified atom stereocenters. The first-order chi connectivity index (χ1) is 16.9. The molecular weight excluding hydrogens is 444 g/mol. The molecule has 0 aromatic heterocycles. The first-order valence-corrected chi connectivity index (χ1v) is 12.6. The number of ether oxygens (including phenoxy) is 2. The van der Waals surface area contributed by atoms with Gasteiger partial charge in [-0.3, -0.25) is 0 Å². The molecule has 0 aliphatic heterocycles. The zero-order valence-electron chi connectivity index (χ0n) is 21.1. The Bertz CT molecular complexity index is 961. The summed E-state index contributed by atoms with van der Waals surface area (Å²) in [5, 5.41) is 12.5. The van der Waals surface area contributed by atoms with Gasteiger partial charge in [-0.05, 0) is 82.6 Å². The number of hydrogen-bond donors (Lipinski definition) is 2. The lowest BCUT2D eigenvalue weighted by atomic mass is 9.77. The molecule has 7 nitrogen and oxygen atoms in total. The maximum atomic E-state index is 13.3. The second-order valence-electron chi connectivity index (χ2n) is 9.12. The minimum atomic E-state index is -1.15. The molecule has 35 heavy (non-hydrogen) atoms. The number of rotatable bonds is 13. The van der Waals surface area contributed by atoms with Crippen LogP contribution in [-0.2, 0) is 17.8 Å². The third kappa shape index (κ3) is 6.90. The fraction of sp³-hybridized carbons (Fsp3) is 0.500. The first kappa shape index (κ1) is 26.4. The SMILES string of the molecule is CCOc1cc(CN(CCCCc2ccccc2)C(=O)NC2(C(=O)O)CCC2)cc(OCC)c1C. The molecule has 2 N–H and O–H groups in total. The van der Waals surface area contributed by atoms with Gasteiger partial charge in [0.1, 0.15) is 17.0 Å². The van der Waals surface area contributed by atoms with Crippen molar-refractivity contribution in [2.75, 3.05) is 19.8 Å². The van der Waals surface area contributed by atoms with Crippen LogP contribution in [0.2, 0.25) is 0 Å². The summed E-state index contributed by atoms with van der Waals surface area (Å²) in [4.78, 5) is 26.9. The number of nitrogens with one attached hydrogen (secondary N) is 1. The van der Waals surface area contributed by atoms with Crippen LogP contribution in [-0.4, -0.2) is 47.3 Å². The van der Waals surface area contributed by atoms with Crippen LogP contribution in [0.25, 0.3) is 0 Å². The van der Waals surface area contributed by atoms with Crippen LogP contribution in [0.4, 0.5) is 4.79 Å². The van der Waals surface area contributed by atoms with Crippen LogP contribution in [0.15, 0.2) is 42.5 Å². The van der Waals surface area contributed by atoms with Crippen molar-refractivity contribution in [1.29, 1.82) is 0 Å². The summed E-state index contributed by atoms with van der Waals surface area (Å²) in [6, 6.07) is 13.8. The van der Waals surface area contributed by atoms with E-state index < -0.39 is 11.5 Å². The molecule has 0 heterocycles. The maximum Gasteiger partial charge on any atom is 0.329 e. The summed E-state index contributed by atoms with van der Waals surface area (Å²) in [6.45, 7) is 7.75. The molecule has 1 aliphatic rings. The first-order valence-electron chi connectivity index (χ1n) is 12.6. The lowest BCUT2D eigenvalue weighted by molar-refractivity contribution is -0.148. The number of carbonyl (C=O) groups excluding carboxylic acids is 1. The fourth-order valence-electron chi connectivity index (χ4n) is 4.37. The Morgan fingerprint density at radius 3 is 2.14 bits per heavy atom. The highest BCUT2D eigenvalue weighted by atomic mass is 16.5. The minimum absolute atomic E-state index is 0.341. The summed E-state index contributed by atoms with van der Waals surface area (Å²) >= 11 is 0. The largest absolute Gasteiger partial charge is 0.493 e. The van der Waals surface area contributed by atoms with E-state index in [0.717, 1.165) is 48.3 Å². The number of carboxylic acid groups (broad SMARTS) is 1. The number of amides is 2. The number of aliphatic carboxylic acids is 1. The van der Waals surface area contributed by atoms with Crippen LogP contribution in [0.1, 0.15) is 62.6 Å². The van der Waals surface area contributed by atoms with Crippen LogP contribution in [0.5, 0.6) is 11.5 Å². The average molecular weight is 483 g/mol. The Morgan fingerprint density at radius 2 is 1.63 bits per heavy atom. The van der Waals surface area contributed by atoms with E-state index in [0.29, 0.717) is 39.1 Å². The average Bonchev–Trinajstić information content (AvgIpc) is 2.81. The number of urea groups is 1. The molecule has 1 aliphatic carbocycles. The van der Waals surface area contributed by atoms with Crippen LogP contribution >= 0.6 is 0 Å². The summed E-state index contributed by atoms with van der Waals surface area (Å²) in [6.07, 6.45) is 4.40. The van der Waals surface area contributed by atoms with E-state index in [4.69, 9.17) is 9.47 Å². The van der Waals surface area contributed by atoms with Crippen molar-refractivity contribution in [3.05, 3.63) is 59.2 Å². The Balaban J connectivity index is 1.76. The van der Waals surface area contributed by atoms with Crippen molar-refractivity contribution in [1.82, 2.24) is 10.2 Å². The molecule has 7 heteroatoms. The van der Waals surface area contributed by atoms with Crippen molar-refractivity contribution in [2.24, 2.45) is 0 Å². The number of nitrogens with zero attached hydrogens (tertiary/aromatic N) is 1. The predicted molar refractivity (Wildman–Crippen MR) is 136 cm³/mol. The van der Waals surface area contributed by atoms with E-state index in [1.54, 1.807) is 4.90 Å². The van der Waals surface area contributed by atoms with Crippen LogP contribution in [0, 0.1) is 6.92 Å². The topological polar surface area (TPSA) is 88.1 Å². The Kier molecular flexibility index (Phi) is 9.40. The molecule has 0 radical (unpaired) electrons. The normalized spacial score (nSPS) is 14.0. The third-order valence-corrected chi connectivity index (χ3v) is 6.58. The molecule has 0 bridgehead atoms. The second-order valence-corrected chi connectivity index (χ2v) is 9.12. The molecule has 2 aromatic rings. The van der Waals surface area contributed by atoms with E-state index in [-0.39, 0.29) is 6.03 Å². The van der Waals surface area contributed by atoms with E-state index in [9.17, 15) is 14.7 Å². The second kappa shape index (κ2) is 12.5. The predicted octanol–water partition coefficient (Wildman–Crippen LogP) is 5.33. The smallest absolute Gasteiger partial charge is 0.329 e. The quantitative estimate of drug-likeness (QED) is 0.377. The third-order valence-electron chi connectivity index (χ3n) is 6.58. The standard InChI is InChI=1S/C28H38N2O5/c1-4-34-24-18-23(19-25(21(24)3)35-5-2)20-30(17-10-9-14-22-12-7-6-8-13-22)27(33)29-28(26(31)32)15-11-16-28/h6-8,12-13,18-19H,4-5,9-11,14-17,20H2,1-3H3,(H,29,33)(H,31,32). The van der Waals surface area contributed by atoms with Crippen molar-refractivity contribution < 1.29 is 24.2 Å². The number of aryl methyl sites for hydroxylation is 1. The molecule has 190 valence electrons. The Hall–Kier alpha value is -3.22. The zero-order chi connectivity index (χ0) is 25.3. The lowest BCUT2D eigenvalue weighted by Crippen LogP contribution is -2.61. The fourth-order valence-corrected chi connectivity index (χ4v) is 4.37. The highest BCUT2D eigenvalue weighted by Gasteiger charge is 2.46. The van der Waals surface area contributed by atoms with Gasteiger partial charge in [-0.1, -0.05) is 30.3 Å². The van der Waals surface area contributed by atoms with Gasteiger partial charge in [0.2, 0.25) is 0 Å². The highest BCUT2D eigenvalue weighted by Crippen LogP contribution is 2.33. The minimum Gasteiger partial charge on any atom is -0.493 e. The summed E-state index contributed by atoms with van der Waals surface area (Å²) in [5.41, 5.74) is 1.93. The number of hydrogen-bond acceptors (Lipinski definition) is 4.